The van der Waals surface area contributed by atoms with Gasteiger partial charge in [-0.15, -0.1) is 0 Å². The molecule has 8 nitrogen and oxygen atoms in total. The summed E-state index contributed by atoms with van der Waals surface area (Å²) in [6.45, 7) is 0. The molecule has 0 saturated heterocycles. The van der Waals surface area contributed by atoms with E-state index in [4.69, 9.17) is 11.6 Å². The first-order valence-corrected chi connectivity index (χ1v) is 10.9. The van der Waals surface area contributed by atoms with Gasteiger partial charge in [-0.25, -0.2) is 16.8 Å². The number of benzene rings is 2. The Morgan fingerprint density at radius 2 is 1.33 bits per heavy atom. The highest BCUT2D eigenvalue weighted by Crippen LogP contribution is 2.21. The van der Waals surface area contributed by atoms with Crippen molar-refractivity contribution >= 4 is 43.2 Å². The zero-order valence-electron chi connectivity index (χ0n) is 14.0. The molecule has 11 heteroatoms. The highest BCUT2D eigenvalue weighted by Gasteiger charge is 2.17. The van der Waals surface area contributed by atoms with Crippen molar-refractivity contribution in [3.05, 3.63) is 65.8 Å². The summed E-state index contributed by atoms with van der Waals surface area (Å²) in [5, 5.41) is 4.31. The number of nitrogens with zero attached hydrogens (tertiary/aromatic N) is 2. The van der Waals surface area contributed by atoms with E-state index >= 15 is 0 Å². The molecule has 1 heterocycles. The van der Waals surface area contributed by atoms with E-state index in [1.165, 1.54) is 65.5 Å². The number of nitrogens with one attached hydrogen (secondary N) is 2. The highest BCUT2D eigenvalue weighted by atomic mass is 35.5. The molecule has 0 aliphatic rings. The van der Waals surface area contributed by atoms with Crippen molar-refractivity contribution in [1.82, 2.24) is 9.78 Å². The number of hydrogen-bond donors (Lipinski definition) is 2. The van der Waals surface area contributed by atoms with E-state index in [1.54, 1.807) is 7.05 Å². The standard InChI is InChI=1S/C16H15ClN4O4S2/c1-21-16(10-11-18-21)20-27(24,25)15-8-4-13(5-9-15)19-26(22,23)14-6-2-12(17)3-7-14/h2-11,19-20H,1H3. The molecule has 0 unspecified atom stereocenters. The lowest BCUT2D eigenvalue weighted by Gasteiger charge is -2.10. The van der Waals surface area contributed by atoms with Crippen LogP contribution in [0.2, 0.25) is 5.02 Å². The number of sulfonamides is 2. The van der Waals surface area contributed by atoms with Gasteiger partial charge in [0.1, 0.15) is 5.82 Å². The van der Waals surface area contributed by atoms with Crippen LogP contribution in [0.1, 0.15) is 0 Å². The zero-order chi connectivity index (χ0) is 19.7. The molecule has 2 N–H and O–H groups in total. The first-order chi connectivity index (χ1) is 12.7. The second-order valence-electron chi connectivity index (χ2n) is 5.53. The van der Waals surface area contributed by atoms with Gasteiger partial charge in [-0.05, 0) is 48.5 Å². The third kappa shape index (κ3) is 4.41. The van der Waals surface area contributed by atoms with Crippen LogP contribution in [0, 0.1) is 0 Å². The van der Waals surface area contributed by atoms with Gasteiger partial charge < -0.3 is 0 Å². The third-order valence-corrected chi connectivity index (χ3v) is 6.62. The molecule has 0 atom stereocenters. The van der Waals surface area contributed by atoms with Crippen molar-refractivity contribution in [3.8, 4) is 0 Å². The summed E-state index contributed by atoms with van der Waals surface area (Å²) in [6, 6.07) is 12.5. The monoisotopic (exact) mass is 426 g/mol. The molecule has 1 aromatic heterocycles. The van der Waals surface area contributed by atoms with E-state index in [0.717, 1.165) is 0 Å². The maximum Gasteiger partial charge on any atom is 0.263 e. The lowest BCUT2D eigenvalue weighted by molar-refractivity contribution is 0.599. The maximum atomic E-state index is 12.4. The Kier molecular flexibility index (Phi) is 5.13. The van der Waals surface area contributed by atoms with Crippen LogP contribution in [-0.2, 0) is 27.1 Å². The summed E-state index contributed by atoms with van der Waals surface area (Å²) in [4.78, 5) is 0.0274. The SMILES string of the molecule is Cn1nccc1NS(=O)(=O)c1ccc(NS(=O)(=O)c2ccc(Cl)cc2)cc1. The number of rotatable bonds is 6. The van der Waals surface area contributed by atoms with Crippen molar-refractivity contribution in [2.45, 2.75) is 9.79 Å². The van der Waals surface area contributed by atoms with E-state index < -0.39 is 20.0 Å². The van der Waals surface area contributed by atoms with Crippen LogP contribution in [0.5, 0.6) is 0 Å². The normalized spacial score (nSPS) is 11.9. The van der Waals surface area contributed by atoms with Crippen molar-refractivity contribution in [2.75, 3.05) is 9.44 Å². The number of hydrogen-bond acceptors (Lipinski definition) is 5. The Bertz CT molecular complexity index is 1160. The summed E-state index contributed by atoms with van der Waals surface area (Å²) in [5.74, 6) is 0.308. The first-order valence-electron chi connectivity index (χ1n) is 7.57. The van der Waals surface area contributed by atoms with Gasteiger partial charge in [0.05, 0.1) is 16.0 Å². The van der Waals surface area contributed by atoms with Crippen LogP contribution < -0.4 is 9.44 Å². The maximum absolute atomic E-state index is 12.4. The Hall–Kier alpha value is -2.56. The Balaban J connectivity index is 1.79. The molecule has 27 heavy (non-hydrogen) atoms. The van der Waals surface area contributed by atoms with Crippen LogP contribution in [0.15, 0.2) is 70.6 Å². The zero-order valence-corrected chi connectivity index (χ0v) is 16.4. The fourth-order valence-corrected chi connectivity index (χ4v) is 4.47. The molecule has 0 aliphatic carbocycles. The fraction of sp³-hybridized carbons (Fsp3) is 0.0625. The fourth-order valence-electron chi connectivity index (χ4n) is 2.20. The van der Waals surface area contributed by atoms with E-state index in [2.05, 4.69) is 14.5 Å². The average Bonchev–Trinajstić information content (AvgIpc) is 2.99. The van der Waals surface area contributed by atoms with E-state index in [1.807, 2.05) is 0 Å². The van der Waals surface area contributed by atoms with Gasteiger partial charge in [0.15, 0.2) is 0 Å². The molecule has 0 spiro atoms. The second kappa shape index (κ2) is 7.22. The molecule has 142 valence electrons. The van der Waals surface area contributed by atoms with Crippen LogP contribution in [-0.4, -0.2) is 26.6 Å². The number of aromatic nitrogens is 2. The predicted molar refractivity (Wildman–Crippen MR) is 103 cm³/mol. The van der Waals surface area contributed by atoms with Crippen LogP contribution in [0.4, 0.5) is 11.5 Å². The first kappa shape index (κ1) is 19.2. The number of anilines is 2. The minimum absolute atomic E-state index is 0.0156. The summed E-state index contributed by atoms with van der Waals surface area (Å²) in [7, 11) is -6.03. The van der Waals surface area contributed by atoms with Crippen molar-refractivity contribution < 1.29 is 16.8 Å². The quantitative estimate of drug-likeness (QED) is 0.629. The summed E-state index contributed by atoms with van der Waals surface area (Å²) in [6.07, 6.45) is 1.46. The molecule has 0 amide bonds. The van der Waals surface area contributed by atoms with Gasteiger partial charge in [-0.1, -0.05) is 11.6 Å². The molecule has 0 aliphatic heterocycles. The molecule has 0 fully saturated rings. The lowest BCUT2D eigenvalue weighted by Crippen LogP contribution is -2.16. The molecular weight excluding hydrogens is 412 g/mol. The van der Waals surface area contributed by atoms with Crippen molar-refractivity contribution in [1.29, 1.82) is 0 Å². The molecule has 3 rings (SSSR count). The molecule has 3 aromatic rings. The average molecular weight is 427 g/mol. The Morgan fingerprint density at radius 3 is 1.85 bits per heavy atom. The Morgan fingerprint density at radius 1 is 0.815 bits per heavy atom. The minimum atomic E-state index is -3.83. The van der Waals surface area contributed by atoms with Gasteiger partial charge in [-0.3, -0.25) is 14.1 Å². The number of aryl methyl sites for hydroxylation is 1. The summed E-state index contributed by atoms with van der Waals surface area (Å²) >= 11 is 5.76. The molecule has 0 saturated carbocycles. The molecule has 0 bridgehead atoms. The largest absolute Gasteiger partial charge is 0.280 e. The van der Waals surface area contributed by atoms with Gasteiger partial charge in [0.2, 0.25) is 0 Å². The number of halogens is 1. The smallest absolute Gasteiger partial charge is 0.263 e. The van der Waals surface area contributed by atoms with E-state index in [0.29, 0.717) is 10.8 Å². The third-order valence-electron chi connectivity index (χ3n) is 3.60. The lowest BCUT2D eigenvalue weighted by atomic mass is 10.3. The van der Waals surface area contributed by atoms with Crippen LogP contribution in [0.3, 0.4) is 0 Å². The van der Waals surface area contributed by atoms with Crippen molar-refractivity contribution in [3.63, 3.8) is 0 Å². The van der Waals surface area contributed by atoms with Gasteiger partial charge in [-0.2, -0.15) is 5.10 Å². The topological polar surface area (TPSA) is 110 Å². The molecule has 0 radical (unpaired) electrons. The van der Waals surface area contributed by atoms with Gasteiger partial charge in [0, 0.05) is 23.8 Å². The van der Waals surface area contributed by atoms with E-state index in [-0.39, 0.29) is 15.5 Å². The Labute approximate surface area is 161 Å². The van der Waals surface area contributed by atoms with Gasteiger partial charge in [0.25, 0.3) is 20.0 Å². The van der Waals surface area contributed by atoms with Crippen molar-refractivity contribution in [2.24, 2.45) is 7.05 Å². The van der Waals surface area contributed by atoms with Crippen LogP contribution >= 0.6 is 11.6 Å². The van der Waals surface area contributed by atoms with Gasteiger partial charge >= 0.3 is 0 Å². The summed E-state index contributed by atoms with van der Waals surface area (Å²) in [5.41, 5.74) is 0.226. The van der Waals surface area contributed by atoms with E-state index in [9.17, 15) is 16.8 Å². The predicted octanol–water partition coefficient (Wildman–Crippen LogP) is 2.68. The minimum Gasteiger partial charge on any atom is -0.280 e. The second-order valence-corrected chi connectivity index (χ2v) is 9.33. The van der Waals surface area contributed by atoms with Crippen LogP contribution in [0.25, 0.3) is 0 Å². The summed E-state index contributed by atoms with van der Waals surface area (Å²) < 4.78 is 55.7. The molecular formula is C16H15ClN4O4S2. The highest BCUT2D eigenvalue weighted by molar-refractivity contribution is 7.93. The molecule has 2 aromatic carbocycles.